The van der Waals surface area contributed by atoms with E-state index in [1.165, 1.54) is 12.0 Å². The Labute approximate surface area is 165 Å². The average Bonchev–Trinajstić information content (AvgIpc) is 3.22. The number of carbonyl (C=O) groups is 2. The number of pyridine rings is 1. The molecule has 152 valence electrons. The zero-order valence-corrected chi connectivity index (χ0v) is 16.9. The van der Waals surface area contributed by atoms with Crippen LogP contribution in [0, 0.1) is 5.41 Å². The first-order valence-corrected chi connectivity index (χ1v) is 9.48. The van der Waals surface area contributed by atoms with Gasteiger partial charge in [-0.25, -0.2) is 14.6 Å². The van der Waals surface area contributed by atoms with E-state index in [-0.39, 0.29) is 11.5 Å². The fraction of sp³-hybridized carbons (Fsp3) is 0.571. The van der Waals surface area contributed by atoms with Crippen molar-refractivity contribution < 1.29 is 23.8 Å². The van der Waals surface area contributed by atoms with Crippen molar-refractivity contribution in [3.05, 3.63) is 36.5 Å². The SMILES string of the molecule is C=CCc1cccc(OC[C@@]23C[C@@H](C(=O)OC)N(C(=O)OC(C)(C)C)[C@@H]2C3)n1. The molecule has 3 rings (SSSR count). The van der Waals surface area contributed by atoms with Crippen molar-refractivity contribution in [3.63, 3.8) is 0 Å². The molecule has 7 heteroatoms. The monoisotopic (exact) mass is 388 g/mol. The minimum absolute atomic E-state index is 0.0946. The average molecular weight is 388 g/mol. The van der Waals surface area contributed by atoms with E-state index in [4.69, 9.17) is 14.2 Å². The van der Waals surface area contributed by atoms with Gasteiger partial charge in [-0.3, -0.25) is 4.90 Å². The van der Waals surface area contributed by atoms with Gasteiger partial charge in [-0.05, 0) is 39.7 Å². The number of allylic oxidation sites excluding steroid dienone is 1. The molecule has 1 amide bonds. The van der Waals surface area contributed by atoms with Crippen LogP contribution in [0.25, 0.3) is 0 Å². The van der Waals surface area contributed by atoms with Crippen LogP contribution in [0.4, 0.5) is 4.79 Å². The summed E-state index contributed by atoms with van der Waals surface area (Å²) in [6.07, 6.45) is 3.24. The van der Waals surface area contributed by atoms with Gasteiger partial charge in [0.1, 0.15) is 11.6 Å². The van der Waals surface area contributed by atoms with E-state index in [1.807, 2.05) is 12.1 Å². The molecule has 1 saturated carbocycles. The Bertz CT molecular complexity index is 772. The normalized spacial score (nSPS) is 25.6. The van der Waals surface area contributed by atoms with E-state index in [9.17, 15) is 9.59 Å². The molecule has 0 N–H and O–H groups in total. The maximum absolute atomic E-state index is 12.7. The number of likely N-dealkylation sites (tertiary alicyclic amines) is 1. The number of nitrogens with zero attached hydrogens (tertiary/aromatic N) is 2. The van der Waals surface area contributed by atoms with Gasteiger partial charge in [0.05, 0.1) is 13.7 Å². The predicted octanol–water partition coefficient (Wildman–Crippen LogP) is 3.13. The molecule has 0 aromatic carbocycles. The summed E-state index contributed by atoms with van der Waals surface area (Å²) in [4.78, 5) is 30.9. The highest BCUT2D eigenvalue weighted by Crippen LogP contribution is 2.60. The number of amides is 1. The smallest absolute Gasteiger partial charge is 0.411 e. The summed E-state index contributed by atoms with van der Waals surface area (Å²) < 4.78 is 16.4. The van der Waals surface area contributed by atoms with Gasteiger partial charge in [-0.2, -0.15) is 0 Å². The molecule has 2 aliphatic rings. The van der Waals surface area contributed by atoms with E-state index in [2.05, 4.69) is 11.6 Å². The third-order valence-electron chi connectivity index (χ3n) is 5.14. The first kappa shape index (κ1) is 20.2. The highest BCUT2D eigenvalue weighted by Gasteiger charge is 2.68. The van der Waals surface area contributed by atoms with E-state index in [0.29, 0.717) is 25.3 Å². The second-order valence-corrected chi connectivity index (χ2v) is 8.46. The predicted molar refractivity (Wildman–Crippen MR) is 103 cm³/mol. The molecular weight excluding hydrogens is 360 g/mol. The molecule has 0 bridgehead atoms. The molecule has 1 aliphatic heterocycles. The Kier molecular flexibility index (Phi) is 5.37. The maximum Gasteiger partial charge on any atom is 0.411 e. The van der Waals surface area contributed by atoms with Crippen LogP contribution in [-0.2, 0) is 20.7 Å². The molecule has 1 aromatic heterocycles. The number of aromatic nitrogens is 1. The number of rotatable bonds is 6. The summed E-state index contributed by atoms with van der Waals surface area (Å²) in [6.45, 7) is 9.52. The van der Waals surface area contributed by atoms with Crippen molar-refractivity contribution in [2.45, 2.75) is 57.7 Å². The first-order chi connectivity index (χ1) is 13.2. The lowest BCUT2D eigenvalue weighted by Crippen LogP contribution is -2.46. The van der Waals surface area contributed by atoms with Crippen LogP contribution in [0.15, 0.2) is 30.9 Å². The molecule has 1 saturated heterocycles. The van der Waals surface area contributed by atoms with Gasteiger partial charge in [0.2, 0.25) is 5.88 Å². The fourth-order valence-corrected chi connectivity index (χ4v) is 3.77. The highest BCUT2D eigenvalue weighted by atomic mass is 16.6. The summed E-state index contributed by atoms with van der Waals surface area (Å²) in [5, 5.41) is 0. The number of hydrogen-bond donors (Lipinski definition) is 0. The van der Waals surface area contributed by atoms with Crippen LogP contribution in [0.2, 0.25) is 0 Å². The molecular formula is C21H28N2O5. The van der Waals surface area contributed by atoms with Crippen molar-refractivity contribution >= 4 is 12.1 Å². The standard InChI is InChI=1S/C21H28N2O5/c1-6-8-14-9-7-10-17(22-14)27-13-21-11-15(18(24)26-5)23(16(21)12-21)19(25)28-20(2,3)4/h6-7,9-10,15-16H,1,8,11-13H2,2-5H3/t15-,16+,21-/m0/s1. The van der Waals surface area contributed by atoms with Crippen molar-refractivity contribution in [2.75, 3.05) is 13.7 Å². The Balaban J connectivity index is 1.71. The van der Waals surface area contributed by atoms with Gasteiger partial charge in [0, 0.05) is 29.6 Å². The molecule has 28 heavy (non-hydrogen) atoms. The minimum Gasteiger partial charge on any atom is -0.477 e. The number of hydrogen-bond acceptors (Lipinski definition) is 6. The summed E-state index contributed by atoms with van der Waals surface area (Å²) in [7, 11) is 1.33. The molecule has 1 aliphatic carbocycles. The van der Waals surface area contributed by atoms with Crippen molar-refractivity contribution in [2.24, 2.45) is 5.41 Å². The second kappa shape index (κ2) is 7.45. The number of piperidine rings is 1. The van der Waals surface area contributed by atoms with E-state index >= 15 is 0 Å². The fourth-order valence-electron chi connectivity index (χ4n) is 3.77. The molecule has 0 unspecified atom stereocenters. The van der Waals surface area contributed by atoms with Gasteiger partial charge < -0.3 is 14.2 Å². The number of carbonyl (C=O) groups excluding carboxylic acids is 2. The zero-order valence-electron chi connectivity index (χ0n) is 16.9. The van der Waals surface area contributed by atoms with Crippen LogP contribution >= 0.6 is 0 Å². The molecule has 2 heterocycles. The molecule has 0 spiro atoms. The molecule has 1 aromatic rings. The summed E-state index contributed by atoms with van der Waals surface area (Å²) in [5.41, 5.74) is -0.0259. The van der Waals surface area contributed by atoms with Gasteiger partial charge in [0.15, 0.2) is 0 Å². The zero-order chi connectivity index (χ0) is 20.5. The van der Waals surface area contributed by atoms with Gasteiger partial charge >= 0.3 is 12.1 Å². The number of fused-ring (bicyclic) bond motifs is 1. The molecule has 3 atom stereocenters. The Morgan fingerprint density at radius 3 is 2.75 bits per heavy atom. The van der Waals surface area contributed by atoms with Crippen LogP contribution in [0.5, 0.6) is 5.88 Å². The van der Waals surface area contributed by atoms with Gasteiger partial charge in [-0.1, -0.05) is 12.1 Å². The second-order valence-electron chi connectivity index (χ2n) is 8.46. The Morgan fingerprint density at radius 2 is 2.11 bits per heavy atom. The van der Waals surface area contributed by atoms with Crippen molar-refractivity contribution in [1.82, 2.24) is 9.88 Å². The third kappa shape index (κ3) is 4.13. The topological polar surface area (TPSA) is 78.0 Å². The Morgan fingerprint density at radius 1 is 1.36 bits per heavy atom. The number of esters is 1. The molecule has 7 nitrogen and oxygen atoms in total. The first-order valence-electron chi connectivity index (χ1n) is 9.48. The minimum atomic E-state index is -0.651. The number of methoxy groups -OCH3 is 1. The van der Waals surface area contributed by atoms with Gasteiger partial charge in [0.25, 0.3) is 0 Å². The summed E-state index contributed by atoms with van der Waals surface area (Å²) in [6, 6.07) is 4.87. The lowest BCUT2D eigenvalue weighted by atomic mass is 10.0. The van der Waals surface area contributed by atoms with Gasteiger partial charge in [-0.15, -0.1) is 6.58 Å². The van der Waals surface area contributed by atoms with Crippen LogP contribution in [0.3, 0.4) is 0 Å². The number of ether oxygens (including phenoxy) is 3. The Hall–Kier alpha value is -2.57. The largest absolute Gasteiger partial charge is 0.477 e. The van der Waals surface area contributed by atoms with Crippen LogP contribution < -0.4 is 4.74 Å². The third-order valence-corrected chi connectivity index (χ3v) is 5.14. The molecule has 2 fully saturated rings. The summed E-state index contributed by atoms with van der Waals surface area (Å²) in [5.74, 6) is 0.105. The lowest BCUT2D eigenvalue weighted by molar-refractivity contribution is -0.146. The maximum atomic E-state index is 12.7. The highest BCUT2D eigenvalue weighted by molar-refractivity contribution is 5.83. The summed E-state index contributed by atoms with van der Waals surface area (Å²) >= 11 is 0. The quantitative estimate of drug-likeness (QED) is 0.550. The van der Waals surface area contributed by atoms with E-state index in [0.717, 1.165) is 12.1 Å². The van der Waals surface area contributed by atoms with E-state index in [1.54, 1.807) is 32.9 Å². The van der Waals surface area contributed by atoms with Crippen LogP contribution in [0.1, 0.15) is 39.3 Å². The van der Waals surface area contributed by atoms with Crippen molar-refractivity contribution in [1.29, 1.82) is 0 Å². The van der Waals surface area contributed by atoms with E-state index < -0.39 is 23.7 Å². The molecule has 0 radical (unpaired) electrons. The van der Waals surface area contributed by atoms with Crippen LogP contribution in [-0.4, -0.2) is 53.3 Å². The lowest BCUT2D eigenvalue weighted by Gasteiger charge is -2.29. The van der Waals surface area contributed by atoms with Crippen molar-refractivity contribution in [3.8, 4) is 5.88 Å².